The van der Waals surface area contributed by atoms with Crippen molar-refractivity contribution in [1.82, 2.24) is 30.9 Å². The van der Waals surface area contributed by atoms with Crippen LogP contribution in [0.2, 0.25) is 5.02 Å². The number of hydrogen-bond acceptors (Lipinski definition) is 6. The Labute approximate surface area is 107 Å². The topological polar surface area (TPSA) is 108 Å². The predicted molar refractivity (Wildman–Crippen MR) is 64.1 cm³/mol. The van der Waals surface area contributed by atoms with Crippen LogP contribution in [-0.4, -0.2) is 38.6 Å². The molecule has 2 rings (SSSR count). The molecule has 94 valence electrons. The van der Waals surface area contributed by atoms with Crippen LogP contribution in [0.15, 0.2) is 12.3 Å². The Morgan fingerprint density at radius 1 is 1.56 bits per heavy atom. The molecular formula is C9H10ClN7O. The van der Waals surface area contributed by atoms with Gasteiger partial charge in [0.2, 0.25) is 0 Å². The summed E-state index contributed by atoms with van der Waals surface area (Å²) >= 11 is 5.93. The molecule has 0 radical (unpaired) electrons. The van der Waals surface area contributed by atoms with Gasteiger partial charge in [0.05, 0.1) is 17.1 Å². The van der Waals surface area contributed by atoms with E-state index in [1.54, 1.807) is 7.05 Å². The summed E-state index contributed by atoms with van der Waals surface area (Å²) in [6.07, 6.45) is 1.43. The second-order valence-electron chi connectivity index (χ2n) is 3.32. The number of H-pyrrole nitrogens is 1. The minimum atomic E-state index is -0.308. The van der Waals surface area contributed by atoms with Crippen molar-refractivity contribution in [1.29, 1.82) is 0 Å². The smallest absolute Gasteiger partial charge is 0.253 e. The van der Waals surface area contributed by atoms with Gasteiger partial charge in [0.1, 0.15) is 5.82 Å². The summed E-state index contributed by atoms with van der Waals surface area (Å²) in [5.41, 5.74) is 0.363. The first-order valence-electron chi connectivity index (χ1n) is 5.04. The van der Waals surface area contributed by atoms with Crippen molar-refractivity contribution in [2.45, 2.75) is 6.54 Å². The van der Waals surface area contributed by atoms with Crippen LogP contribution in [-0.2, 0) is 6.54 Å². The number of aromatic amines is 1. The Kier molecular flexibility index (Phi) is 3.68. The molecule has 0 atom stereocenters. The van der Waals surface area contributed by atoms with Gasteiger partial charge in [0.15, 0.2) is 5.82 Å². The van der Waals surface area contributed by atoms with Gasteiger partial charge in [-0.2, -0.15) is 5.21 Å². The minimum Gasteiger partial charge on any atom is -0.372 e. The average molecular weight is 268 g/mol. The van der Waals surface area contributed by atoms with E-state index in [-0.39, 0.29) is 12.5 Å². The first-order valence-corrected chi connectivity index (χ1v) is 5.42. The van der Waals surface area contributed by atoms with Crippen molar-refractivity contribution in [3.8, 4) is 0 Å². The molecule has 0 spiro atoms. The maximum absolute atomic E-state index is 11.8. The molecule has 2 heterocycles. The Hall–Kier alpha value is -2.22. The normalized spacial score (nSPS) is 10.1. The van der Waals surface area contributed by atoms with Crippen molar-refractivity contribution in [3.63, 3.8) is 0 Å². The zero-order valence-corrected chi connectivity index (χ0v) is 10.2. The number of anilines is 1. The summed E-state index contributed by atoms with van der Waals surface area (Å²) in [4.78, 5) is 15.8. The van der Waals surface area contributed by atoms with Gasteiger partial charge < -0.3 is 10.6 Å². The molecule has 0 aromatic carbocycles. The number of aromatic nitrogens is 5. The molecule has 18 heavy (non-hydrogen) atoms. The molecule has 0 unspecified atom stereocenters. The molecular weight excluding hydrogens is 258 g/mol. The number of nitrogens with zero attached hydrogens (tertiary/aromatic N) is 4. The lowest BCUT2D eigenvalue weighted by atomic mass is 10.2. The lowest BCUT2D eigenvalue weighted by Gasteiger charge is -2.05. The van der Waals surface area contributed by atoms with E-state index in [9.17, 15) is 4.79 Å². The second kappa shape index (κ2) is 5.41. The summed E-state index contributed by atoms with van der Waals surface area (Å²) in [5.74, 6) is 0.609. The number of pyridine rings is 1. The van der Waals surface area contributed by atoms with Gasteiger partial charge in [-0.05, 0) is 6.07 Å². The molecule has 2 aromatic heterocycles. The highest BCUT2D eigenvalue weighted by molar-refractivity contribution is 6.33. The Balaban J connectivity index is 2.02. The van der Waals surface area contributed by atoms with Gasteiger partial charge in [-0.25, -0.2) is 4.98 Å². The van der Waals surface area contributed by atoms with E-state index < -0.39 is 0 Å². The number of rotatable bonds is 4. The molecule has 0 bridgehead atoms. The summed E-state index contributed by atoms with van der Waals surface area (Å²) in [7, 11) is 1.70. The van der Waals surface area contributed by atoms with Crippen molar-refractivity contribution in [3.05, 3.63) is 28.7 Å². The van der Waals surface area contributed by atoms with Crippen LogP contribution < -0.4 is 10.6 Å². The van der Waals surface area contributed by atoms with Crippen molar-refractivity contribution < 1.29 is 4.79 Å². The third-order valence-electron chi connectivity index (χ3n) is 2.14. The van der Waals surface area contributed by atoms with Crippen LogP contribution in [0.3, 0.4) is 0 Å². The average Bonchev–Trinajstić information content (AvgIpc) is 2.89. The molecule has 0 fully saturated rings. The van der Waals surface area contributed by atoms with Crippen molar-refractivity contribution in [2.75, 3.05) is 12.4 Å². The SMILES string of the molecule is CNc1ncc(C(=O)NCc2nn[nH]n2)cc1Cl. The van der Waals surface area contributed by atoms with Gasteiger partial charge in [-0.15, -0.1) is 10.2 Å². The predicted octanol–water partition coefficient (Wildman–Crippen LogP) is 0.220. The third-order valence-corrected chi connectivity index (χ3v) is 2.42. The largest absolute Gasteiger partial charge is 0.372 e. The highest BCUT2D eigenvalue weighted by Gasteiger charge is 2.10. The molecule has 3 N–H and O–H groups in total. The number of nitrogens with one attached hydrogen (secondary N) is 3. The molecule has 0 aliphatic rings. The Morgan fingerprint density at radius 2 is 2.39 bits per heavy atom. The first kappa shape index (κ1) is 12.2. The zero-order chi connectivity index (χ0) is 13.0. The molecule has 9 heteroatoms. The molecule has 0 aliphatic carbocycles. The third kappa shape index (κ3) is 2.72. The van der Waals surface area contributed by atoms with Crippen molar-refractivity contribution in [2.24, 2.45) is 0 Å². The fraction of sp³-hybridized carbons (Fsp3) is 0.222. The highest BCUT2D eigenvalue weighted by Crippen LogP contribution is 2.19. The van der Waals surface area contributed by atoms with Crippen LogP contribution in [0.1, 0.15) is 16.2 Å². The summed E-state index contributed by atoms with van der Waals surface area (Å²) in [6.45, 7) is 0.181. The van der Waals surface area contributed by atoms with Gasteiger partial charge >= 0.3 is 0 Å². The summed E-state index contributed by atoms with van der Waals surface area (Å²) in [6, 6.07) is 1.53. The van der Waals surface area contributed by atoms with E-state index in [0.717, 1.165) is 0 Å². The molecule has 0 saturated heterocycles. The van der Waals surface area contributed by atoms with E-state index >= 15 is 0 Å². The minimum absolute atomic E-state index is 0.181. The number of tetrazole rings is 1. The first-order chi connectivity index (χ1) is 8.70. The molecule has 0 aliphatic heterocycles. The van der Waals surface area contributed by atoms with Crippen LogP contribution in [0.5, 0.6) is 0 Å². The van der Waals surface area contributed by atoms with E-state index in [4.69, 9.17) is 11.6 Å². The van der Waals surface area contributed by atoms with Gasteiger partial charge in [-0.3, -0.25) is 4.79 Å². The molecule has 1 amide bonds. The lowest BCUT2D eigenvalue weighted by Crippen LogP contribution is -2.23. The molecule has 2 aromatic rings. The molecule has 8 nitrogen and oxygen atoms in total. The van der Waals surface area contributed by atoms with Crippen LogP contribution in [0.4, 0.5) is 5.82 Å². The number of halogens is 1. The summed E-state index contributed by atoms with van der Waals surface area (Å²) < 4.78 is 0. The van der Waals surface area contributed by atoms with E-state index in [1.165, 1.54) is 12.3 Å². The number of carbonyl (C=O) groups is 1. The summed E-state index contributed by atoms with van der Waals surface area (Å²) in [5, 5.41) is 18.9. The van der Waals surface area contributed by atoms with Gasteiger partial charge in [0, 0.05) is 13.2 Å². The lowest BCUT2D eigenvalue weighted by molar-refractivity contribution is 0.0949. The quantitative estimate of drug-likeness (QED) is 0.731. The Morgan fingerprint density at radius 3 is 3.00 bits per heavy atom. The standard InChI is InChI=1S/C9H10ClN7O/c1-11-8-6(10)2-5(3-12-8)9(18)13-4-7-14-16-17-15-7/h2-3H,4H2,1H3,(H,11,12)(H,13,18)(H,14,15,16,17). The van der Waals surface area contributed by atoms with E-state index in [1.807, 2.05) is 0 Å². The fourth-order valence-electron chi connectivity index (χ4n) is 1.26. The number of carbonyl (C=O) groups excluding carboxylic acids is 1. The van der Waals surface area contributed by atoms with Crippen LogP contribution >= 0.6 is 11.6 Å². The van der Waals surface area contributed by atoms with Gasteiger partial charge in [0.25, 0.3) is 5.91 Å². The maximum Gasteiger partial charge on any atom is 0.253 e. The number of amides is 1. The second-order valence-corrected chi connectivity index (χ2v) is 3.72. The molecule has 0 saturated carbocycles. The fourth-order valence-corrected chi connectivity index (χ4v) is 1.53. The zero-order valence-electron chi connectivity index (χ0n) is 9.44. The van der Waals surface area contributed by atoms with Crippen molar-refractivity contribution >= 4 is 23.3 Å². The van der Waals surface area contributed by atoms with Crippen LogP contribution in [0.25, 0.3) is 0 Å². The van der Waals surface area contributed by atoms with Crippen LogP contribution in [0, 0.1) is 0 Å². The highest BCUT2D eigenvalue weighted by atomic mass is 35.5. The monoisotopic (exact) mass is 267 g/mol. The number of hydrogen-bond donors (Lipinski definition) is 3. The van der Waals surface area contributed by atoms with E-state index in [2.05, 4.69) is 36.2 Å². The Bertz CT molecular complexity index is 542. The van der Waals surface area contributed by atoms with Gasteiger partial charge in [-0.1, -0.05) is 16.8 Å². The maximum atomic E-state index is 11.8. The van der Waals surface area contributed by atoms with E-state index in [0.29, 0.717) is 22.2 Å².